The first-order valence-corrected chi connectivity index (χ1v) is 5.43. The topological polar surface area (TPSA) is 87.6 Å². The van der Waals surface area contributed by atoms with E-state index in [4.69, 9.17) is 11.0 Å². The van der Waals surface area contributed by atoms with Crippen molar-refractivity contribution < 1.29 is 0 Å². The lowest BCUT2D eigenvalue weighted by Gasteiger charge is -2.00. The molecule has 0 amide bonds. The molecule has 0 unspecified atom stereocenters. The molecule has 0 spiro atoms. The molecule has 1 aromatic carbocycles. The van der Waals surface area contributed by atoms with Gasteiger partial charge in [0, 0.05) is 12.2 Å². The zero-order valence-electron chi connectivity index (χ0n) is 8.34. The van der Waals surface area contributed by atoms with Gasteiger partial charge in [0.2, 0.25) is 5.13 Å². The van der Waals surface area contributed by atoms with Gasteiger partial charge < -0.3 is 11.1 Å². The third-order valence-electron chi connectivity index (χ3n) is 1.88. The lowest BCUT2D eigenvalue weighted by Crippen LogP contribution is -1.94. The Morgan fingerprint density at radius 1 is 1.44 bits per heavy atom. The zero-order chi connectivity index (χ0) is 11.4. The molecule has 6 heteroatoms. The van der Waals surface area contributed by atoms with Gasteiger partial charge in [0.15, 0.2) is 0 Å². The van der Waals surface area contributed by atoms with Gasteiger partial charge >= 0.3 is 0 Å². The highest BCUT2D eigenvalue weighted by atomic mass is 32.1. The van der Waals surface area contributed by atoms with Gasteiger partial charge in [-0.2, -0.15) is 5.26 Å². The van der Waals surface area contributed by atoms with E-state index in [-0.39, 0.29) is 0 Å². The number of nitrogens with two attached hydrogens (primary N) is 1. The monoisotopic (exact) mass is 231 g/mol. The molecule has 0 saturated carbocycles. The predicted molar refractivity (Wildman–Crippen MR) is 62.2 cm³/mol. The molecule has 0 saturated heterocycles. The van der Waals surface area contributed by atoms with Crippen LogP contribution in [-0.4, -0.2) is 10.2 Å². The van der Waals surface area contributed by atoms with E-state index in [2.05, 4.69) is 21.6 Å². The van der Waals surface area contributed by atoms with E-state index >= 15 is 0 Å². The van der Waals surface area contributed by atoms with Gasteiger partial charge in [0.1, 0.15) is 5.01 Å². The average molecular weight is 231 g/mol. The molecular formula is C10H9N5S. The van der Waals surface area contributed by atoms with Crippen LogP contribution in [0.5, 0.6) is 0 Å². The van der Waals surface area contributed by atoms with E-state index in [1.165, 1.54) is 11.3 Å². The summed E-state index contributed by atoms with van der Waals surface area (Å²) in [6, 6.07) is 9.25. The summed E-state index contributed by atoms with van der Waals surface area (Å²) in [5.41, 5.74) is 6.86. The molecule has 0 radical (unpaired) electrons. The van der Waals surface area contributed by atoms with Crippen LogP contribution in [0.4, 0.5) is 10.8 Å². The molecule has 2 aromatic rings. The van der Waals surface area contributed by atoms with Gasteiger partial charge in [-0.25, -0.2) is 0 Å². The first-order valence-electron chi connectivity index (χ1n) is 4.61. The van der Waals surface area contributed by atoms with E-state index in [0.29, 0.717) is 17.2 Å². The Hall–Kier alpha value is -1.97. The minimum absolute atomic E-state index is 0.386. The summed E-state index contributed by atoms with van der Waals surface area (Å²) < 4.78 is 0. The number of nitrogens with zero attached hydrogens (tertiary/aromatic N) is 3. The zero-order valence-corrected chi connectivity index (χ0v) is 9.16. The third-order valence-corrected chi connectivity index (χ3v) is 2.75. The van der Waals surface area contributed by atoms with Gasteiger partial charge in [-0.3, -0.25) is 0 Å². The van der Waals surface area contributed by atoms with E-state index in [0.717, 1.165) is 10.7 Å². The summed E-state index contributed by atoms with van der Waals surface area (Å²) in [6.45, 7) is 0.386. The number of rotatable bonds is 3. The Labute approximate surface area is 96.5 Å². The maximum Gasteiger partial charge on any atom is 0.210 e. The highest BCUT2D eigenvalue weighted by Crippen LogP contribution is 2.20. The van der Waals surface area contributed by atoms with Crippen LogP contribution in [-0.2, 0) is 6.54 Å². The normalized spacial score (nSPS) is 9.75. The van der Waals surface area contributed by atoms with Crippen molar-refractivity contribution in [3.63, 3.8) is 0 Å². The van der Waals surface area contributed by atoms with E-state index in [1.807, 2.05) is 12.1 Å². The van der Waals surface area contributed by atoms with Gasteiger partial charge in [0.25, 0.3) is 0 Å². The number of nitriles is 1. The Morgan fingerprint density at radius 2 is 2.31 bits per heavy atom. The second-order valence-corrected chi connectivity index (χ2v) is 4.08. The molecule has 1 heterocycles. The summed E-state index contributed by atoms with van der Waals surface area (Å²) in [5, 5.41) is 21.1. The summed E-state index contributed by atoms with van der Waals surface area (Å²) >= 11 is 1.40. The molecule has 1 aromatic heterocycles. The third kappa shape index (κ3) is 2.34. The fraction of sp³-hybridized carbons (Fsp3) is 0.100. The maximum atomic E-state index is 8.75. The molecule has 0 aliphatic carbocycles. The molecule has 0 atom stereocenters. The maximum absolute atomic E-state index is 8.75. The molecule has 3 N–H and O–H groups in total. The highest BCUT2D eigenvalue weighted by molar-refractivity contribution is 7.15. The van der Waals surface area contributed by atoms with Crippen LogP contribution in [0.25, 0.3) is 0 Å². The standard InChI is InChI=1S/C10H9N5S/c11-5-7-2-1-3-8(4-7)13-10-15-14-9(6-12)16-10/h1-4H,6,12H2,(H,13,15). The first-order chi connectivity index (χ1) is 7.81. The van der Waals surface area contributed by atoms with Crippen LogP contribution < -0.4 is 11.1 Å². The number of benzene rings is 1. The second kappa shape index (κ2) is 4.70. The predicted octanol–water partition coefficient (Wildman–Crippen LogP) is 1.61. The Balaban J connectivity index is 2.17. The van der Waals surface area contributed by atoms with Crippen LogP contribution in [0.2, 0.25) is 0 Å². The van der Waals surface area contributed by atoms with Crippen molar-refractivity contribution in [1.82, 2.24) is 10.2 Å². The van der Waals surface area contributed by atoms with Crippen molar-refractivity contribution >= 4 is 22.2 Å². The minimum Gasteiger partial charge on any atom is -0.330 e. The molecular weight excluding hydrogens is 222 g/mol. The van der Waals surface area contributed by atoms with Crippen molar-refractivity contribution in [2.75, 3.05) is 5.32 Å². The van der Waals surface area contributed by atoms with E-state index in [9.17, 15) is 0 Å². The highest BCUT2D eigenvalue weighted by Gasteiger charge is 2.02. The largest absolute Gasteiger partial charge is 0.330 e. The molecule has 0 aliphatic rings. The Morgan fingerprint density at radius 3 is 3.00 bits per heavy atom. The average Bonchev–Trinajstić information content (AvgIpc) is 2.77. The van der Waals surface area contributed by atoms with Crippen LogP contribution in [0, 0.1) is 11.3 Å². The van der Waals surface area contributed by atoms with Crippen molar-refractivity contribution in [2.45, 2.75) is 6.54 Å². The van der Waals surface area contributed by atoms with Crippen LogP contribution in [0.15, 0.2) is 24.3 Å². The molecule has 0 fully saturated rings. The second-order valence-electron chi connectivity index (χ2n) is 3.02. The van der Waals surface area contributed by atoms with Crippen molar-refractivity contribution in [2.24, 2.45) is 5.73 Å². The molecule has 0 aliphatic heterocycles. The SMILES string of the molecule is N#Cc1cccc(Nc2nnc(CN)s2)c1. The van der Waals surface area contributed by atoms with Crippen molar-refractivity contribution in [3.05, 3.63) is 34.8 Å². The number of hydrogen-bond acceptors (Lipinski definition) is 6. The quantitative estimate of drug-likeness (QED) is 0.837. The molecule has 5 nitrogen and oxygen atoms in total. The lowest BCUT2D eigenvalue weighted by atomic mass is 10.2. The van der Waals surface area contributed by atoms with Crippen molar-refractivity contribution in [1.29, 1.82) is 5.26 Å². The lowest BCUT2D eigenvalue weighted by molar-refractivity contribution is 0.960. The Kier molecular flexibility index (Phi) is 3.10. The number of aromatic nitrogens is 2. The molecule has 0 bridgehead atoms. The van der Waals surface area contributed by atoms with E-state index < -0.39 is 0 Å². The van der Waals surface area contributed by atoms with Gasteiger partial charge in [-0.15, -0.1) is 10.2 Å². The van der Waals surface area contributed by atoms with Crippen LogP contribution in [0.3, 0.4) is 0 Å². The fourth-order valence-electron chi connectivity index (χ4n) is 1.18. The van der Waals surface area contributed by atoms with Crippen molar-refractivity contribution in [3.8, 4) is 6.07 Å². The summed E-state index contributed by atoms with van der Waals surface area (Å²) in [4.78, 5) is 0. The van der Waals surface area contributed by atoms with E-state index in [1.54, 1.807) is 12.1 Å². The fourth-order valence-corrected chi connectivity index (χ4v) is 1.82. The smallest absolute Gasteiger partial charge is 0.210 e. The molecule has 2 rings (SSSR count). The summed E-state index contributed by atoms with van der Waals surface area (Å²) in [6.07, 6.45) is 0. The van der Waals surface area contributed by atoms with Gasteiger partial charge in [0.05, 0.1) is 11.6 Å². The first kappa shape index (κ1) is 10.5. The summed E-state index contributed by atoms with van der Waals surface area (Å²) in [5.74, 6) is 0. The number of anilines is 2. The molecule has 16 heavy (non-hydrogen) atoms. The van der Waals surface area contributed by atoms with Gasteiger partial charge in [-0.05, 0) is 18.2 Å². The van der Waals surface area contributed by atoms with Crippen LogP contribution in [0.1, 0.15) is 10.6 Å². The number of hydrogen-bond donors (Lipinski definition) is 2. The van der Waals surface area contributed by atoms with Crippen LogP contribution >= 0.6 is 11.3 Å². The molecule has 80 valence electrons. The Bertz CT molecular complexity index is 528. The summed E-state index contributed by atoms with van der Waals surface area (Å²) in [7, 11) is 0. The van der Waals surface area contributed by atoms with Gasteiger partial charge in [-0.1, -0.05) is 17.4 Å². The minimum atomic E-state index is 0.386. The number of nitrogens with one attached hydrogen (secondary N) is 1.